The van der Waals surface area contributed by atoms with Crippen LogP contribution in [0.25, 0.3) is 0 Å². The Balaban J connectivity index is 1.42. The third-order valence-electron chi connectivity index (χ3n) is 4.53. The van der Waals surface area contributed by atoms with E-state index in [9.17, 15) is 9.90 Å². The average molecular weight is 340 g/mol. The lowest BCUT2D eigenvalue weighted by atomic mass is 9.98. The van der Waals surface area contributed by atoms with Crippen LogP contribution in [0.3, 0.4) is 0 Å². The van der Waals surface area contributed by atoms with Crippen molar-refractivity contribution >= 4 is 11.7 Å². The molecule has 2 amide bonds. The number of hydrogen-bond donors (Lipinski definition) is 2. The SMILES string of the molecule is Cc1ccc(NC(=O)N2CCC(COc3ccc(O)cc3)CC2)cc1. The van der Waals surface area contributed by atoms with Crippen LogP contribution in [-0.2, 0) is 0 Å². The average Bonchev–Trinajstić information content (AvgIpc) is 2.63. The van der Waals surface area contributed by atoms with Crippen LogP contribution in [-0.4, -0.2) is 35.7 Å². The number of carbonyl (C=O) groups excluding carboxylic acids is 1. The Morgan fingerprint density at radius 2 is 1.76 bits per heavy atom. The van der Waals surface area contributed by atoms with E-state index in [-0.39, 0.29) is 11.8 Å². The van der Waals surface area contributed by atoms with Crippen molar-refractivity contribution in [3.05, 3.63) is 54.1 Å². The van der Waals surface area contributed by atoms with Crippen LogP contribution in [0, 0.1) is 12.8 Å². The predicted molar refractivity (Wildman–Crippen MR) is 98.1 cm³/mol. The van der Waals surface area contributed by atoms with Crippen LogP contribution in [0.1, 0.15) is 18.4 Å². The lowest BCUT2D eigenvalue weighted by molar-refractivity contribution is 0.152. The van der Waals surface area contributed by atoms with E-state index in [2.05, 4.69) is 5.32 Å². The molecule has 2 N–H and O–H groups in total. The fourth-order valence-corrected chi connectivity index (χ4v) is 2.90. The summed E-state index contributed by atoms with van der Waals surface area (Å²) in [6.45, 7) is 4.14. The van der Waals surface area contributed by atoms with Gasteiger partial charge in [-0.1, -0.05) is 17.7 Å². The molecule has 1 heterocycles. The van der Waals surface area contributed by atoms with Gasteiger partial charge in [0, 0.05) is 18.8 Å². The highest BCUT2D eigenvalue weighted by Gasteiger charge is 2.23. The highest BCUT2D eigenvalue weighted by atomic mass is 16.5. The number of piperidine rings is 1. The molecule has 0 aliphatic carbocycles. The highest BCUT2D eigenvalue weighted by molar-refractivity contribution is 5.89. The number of ether oxygens (including phenoxy) is 1. The standard InChI is InChI=1S/C20H24N2O3/c1-15-2-4-17(5-3-15)21-20(24)22-12-10-16(11-13-22)14-25-19-8-6-18(23)7-9-19/h2-9,16,23H,10-14H2,1H3,(H,21,24). The van der Waals surface area contributed by atoms with Gasteiger partial charge in [-0.15, -0.1) is 0 Å². The van der Waals surface area contributed by atoms with Gasteiger partial charge in [0.2, 0.25) is 0 Å². The highest BCUT2D eigenvalue weighted by Crippen LogP contribution is 2.21. The topological polar surface area (TPSA) is 61.8 Å². The quantitative estimate of drug-likeness (QED) is 0.883. The molecule has 1 aliphatic heterocycles. The normalized spacial score (nSPS) is 15.0. The van der Waals surface area contributed by atoms with Gasteiger partial charge < -0.3 is 20.1 Å². The van der Waals surface area contributed by atoms with Gasteiger partial charge in [0.1, 0.15) is 11.5 Å². The first-order valence-corrected chi connectivity index (χ1v) is 8.64. The number of phenolic OH excluding ortho intramolecular Hbond substituents is 1. The van der Waals surface area contributed by atoms with E-state index in [1.165, 1.54) is 5.56 Å². The molecule has 1 aliphatic rings. The van der Waals surface area contributed by atoms with Gasteiger partial charge in [-0.3, -0.25) is 0 Å². The zero-order chi connectivity index (χ0) is 17.6. The molecular formula is C20H24N2O3. The van der Waals surface area contributed by atoms with Crippen LogP contribution in [0.15, 0.2) is 48.5 Å². The largest absolute Gasteiger partial charge is 0.508 e. The molecule has 0 bridgehead atoms. The van der Waals surface area contributed by atoms with Gasteiger partial charge >= 0.3 is 6.03 Å². The molecule has 5 nitrogen and oxygen atoms in total. The van der Waals surface area contributed by atoms with Crippen LogP contribution >= 0.6 is 0 Å². The number of urea groups is 1. The third-order valence-corrected chi connectivity index (χ3v) is 4.53. The van der Waals surface area contributed by atoms with E-state index in [1.807, 2.05) is 36.1 Å². The monoisotopic (exact) mass is 340 g/mol. The van der Waals surface area contributed by atoms with Gasteiger partial charge in [-0.2, -0.15) is 0 Å². The van der Waals surface area contributed by atoms with Gasteiger partial charge in [-0.25, -0.2) is 4.79 Å². The first-order valence-electron chi connectivity index (χ1n) is 8.64. The minimum atomic E-state index is -0.0400. The molecule has 25 heavy (non-hydrogen) atoms. The van der Waals surface area contributed by atoms with E-state index in [0.29, 0.717) is 12.5 Å². The zero-order valence-electron chi connectivity index (χ0n) is 14.4. The molecule has 3 rings (SSSR count). The van der Waals surface area contributed by atoms with Gasteiger partial charge in [0.15, 0.2) is 0 Å². The molecule has 0 saturated carbocycles. The van der Waals surface area contributed by atoms with Crippen molar-refractivity contribution < 1.29 is 14.6 Å². The Labute approximate surface area is 148 Å². The van der Waals surface area contributed by atoms with Crippen molar-refractivity contribution in [3.8, 4) is 11.5 Å². The number of carbonyl (C=O) groups is 1. The maximum atomic E-state index is 12.3. The fourth-order valence-electron chi connectivity index (χ4n) is 2.90. The van der Waals surface area contributed by atoms with Crippen LogP contribution in [0.2, 0.25) is 0 Å². The summed E-state index contributed by atoms with van der Waals surface area (Å²) in [6, 6.07) is 14.5. The third kappa shape index (κ3) is 4.89. The maximum absolute atomic E-state index is 12.3. The molecule has 132 valence electrons. The van der Waals surface area contributed by atoms with Crippen molar-refractivity contribution in [2.24, 2.45) is 5.92 Å². The smallest absolute Gasteiger partial charge is 0.321 e. The number of likely N-dealkylation sites (tertiary alicyclic amines) is 1. The summed E-state index contributed by atoms with van der Waals surface area (Å²) in [7, 11) is 0. The molecule has 2 aromatic rings. The van der Waals surface area contributed by atoms with Crippen molar-refractivity contribution in [2.75, 3.05) is 25.0 Å². The number of benzene rings is 2. The number of aromatic hydroxyl groups is 1. The Morgan fingerprint density at radius 1 is 1.12 bits per heavy atom. The summed E-state index contributed by atoms with van der Waals surface area (Å²) in [4.78, 5) is 14.2. The fraction of sp³-hybridized carbons (Fsp3) is 0.350. The molecule has 0 radical (unpaired) electrons. The molecular weight excluding hydrogens is 316 g/mol. The number of aryl methyl sites for hydroxylation is 1. The number of nitrogens with one attached hydrogen (secondary N) is 1. The van der Waals surface area contributed by atoms with Crippen LogP contribution in [0.5, 0.6) is 11.5 Å². The maximum Gasteiger partial charge on any atom is 0.321 e. The number of amides is 2. The second kappa shape index (κ2) is 7.92. The summed E-state index contributed by atoms with van der Waals surface area (Å²) < 4.78 is 5.77. The van der Waals surface area contributed by atoms with E-state index in [4.69, 9.17) is 4.74 Å². The summed E-state index contributed by atoms with van der Waals surface area (Å²) in [5.74, 6) is 1.44. The van der Waals surface area contributed by atoms with Crippen LogP contribution < -0.4 is 10.1 Å². The summed E-state index contributed by atoms with van der Waals surface area (Å²) in [6.07, 6.45) is 1.86. The number of anilines is 1. The van der Waals surface area contributed by atoms with Crippen molar-refractivity contribution in [1.82, 2.24) is 4.90 Å². The first kappa shape index (κ1) is 17.1. The molecule has 0 atom stereocenters. The van der Waals surface area contributed by atoms with Gasteiger partial charge in [0.25, 0.3) is 0 Å². The Hall–Kier alpha value is -2.69. The minimum absolute atomic E-state index is 0.0400. The summed E-state index contributed by atoms with van der Waals surface area (Å²) in [5, 5.41) is 12.2. The number of hydrogen-bond acceptors (Lipinski definition) is 3. The van der Waals surface area contributed by atoms with Gasteiger partial charge in [0.05, 0.1) is 6.61 Å². The van der Waals surface area contributed by atoms with E-state index in [0.717, 1.165) is 37.4 Å². The lowest BCUT2D eigenvalue weighted by Gasteiger charge is -2.31. The number of rotatable bonds is 4. The molecule has 1 fully saturated rings. The Kier molecular flexibility index (Phi) is 5.43. The van der Waals surface area contributed by atoms with Crippen LogP contribution in [0.4, 0.5) is 10.5 Å². The zero-order valence-corrected chi connectivity index (χ0v) is 14.4. The lowest BCUT2D eigenvalue weighted by Crippen LogP contribution is -2.42. The number of phenols is 1. The molecule has 5 heteroatoms. The molecule has 1 saturated heterocycles. The second-order valence-corrected chi connectivity index (χ2v) is 6.53. The van der Waals surface area contributed by atoms with Crippen molar-refractivity contribution in [3.63, 3.8) is 0 Å². The first-order chi connectivity index (χ1) is 12.1. The van der Waals surface area contributed by atoms with Crippen molar-refractivity contribution in [1.29, 1.82) is 0 Å². The molecule has 0 aromatic heterocycles. The van der Waals surface area contributed by atoms with Gasteiger partial charge in [-0.05, 0) is 62.1 Å². The second-order valence-electron chi connectivity index (χ2n) is 6.53. The van der Waals surface area contributed by atoms with E-state index in [1.54, 1.807) is 24.3 Å². The number of nitrogens with zero attached hydrogens (tertiary/aromatic N) is 1. The molecule has 0 spiro atoms. The predicted octanol–water partition coefficient (Wildman–Crippen LogP) is 4.02. The van der Waals surface area contributed by atoms with E-state index < -0.39 is 0 Å². The Bertz CT molecular complexity index is 690. The van der Waals surface area contributed by atoms with E-state index >= 15 is 0 Å². The molecule has 0 unspecified atom stereocenters. The summed E-state index contributed by atoms with van der Waals surface area (Å²) in [5.41, 5.74) is 2.00. The Morgan fingerprint density at radius 3 is 2.40 bits per heavy atom. The minimum Gasteiger partial charge on any atom is -0.508 e. The van der Waals surface area contributed by atoms with Crippen molar-refractivity contribution in [2.45, 2.75) is 19.8 Å². The molecule has 2 aromatic carbocycles. The summed E-state index contributed by atoms with van der Waals surface area (Å²) >= 11 is 0.